The van der Waals surface area contributed by atoms with Crippen LogP contribution in [-0.2, 0) is 21.2 Å². The summed E-state index contributed by atoms with van der Waals surface area (Å²) in [4.78, 5) is 16.5. The maximum Gasteiger partial charge on any atom is 0.414 e. The van der Waals surface area contributed by atoms with E-state index in [1.54, 1.807) is 41.3 Å². The summed E-state index contributed by atoms with van der Waals surface area (Å²) in [6.45, 7) is 4.81. The molecule has 0 aromatic heterocycles. The molecule has 1 amide bonds. The number of hydrogen-bond donors (Lipinski definition) is 2. The van der Waals surface area contributed by atoms with E-state index >= 15 is 0 Å². The molecule has 0 spiro atoms. The molecule has 3 N–H and O–H groups in total. The highest BCUT2D eigenvalue weighted by atomic mass is 79.9. The van der Waals surface area contributed by atoms with Crippen LogP contribution in [0.15, 0.2) is 51.8 Å². The van der Waals surface area contributed by atoms with E-state index in [0.717, 1.165) is 10.0 Å². The lowest BCUT2D eigenvalue weighted by molar-refractivity contribution is 0.0937. The van der Waals surface area contributed by atoms with Crippen LogP contribution in [0.4, 0.5) is 10.5 Å². The highest BCUT2D eigenvalue weighted by Crippen LogP contribution is 2.26. The van der Waals surface area contributed by atoms with Crippen molar-refractivity contribution in [2.45, 2.75) is 24.3 Å². The number of cyclic esters (lactones) is 1. The van der Waals surface area contributed by atoms with Crippen LogP contribution in [0.5, 0.6) is 0 Å². The quantitative estimate of drug-likeness (QED) is 0.404. The van der Waals surface area contributed by atoms with Crippen molar-refractivity contribution in [2.24, 2.45) is 5.73 Å². The van der Waals surface area contributed by atoms with Gasteiger partial charge in [-0.2, -0.15) is 4.31 Å². The lowest BCUT2D eigenvalue weighted by Gasteiger charge is -2.35. The minimum atomic E-state index is -3.57. The summed E-state index contributed by atoms with van der Waals surface area (Å²) in [5.41, 5.74) is 7.57. The van der Waals surface area contributed by atoms with E-state index in [1.807, 2.05) is 13.0 Å². The highest BCUT2D eigenvalue weighted by molar-refractivity contribution is 9.10. The topological polar surface area (TPSA) is 120 Å². The number of amides is 1. The van der Waals surface area contributed by atoms with Crippen molar-refractivity contribution >= 4 is 43.6 Å². The van der Waals surface area contributed by atoms with Gasteiger partial charge in [-0.15, -0.1) is 0 Å². The number of carbonyl (C=O) groups excluding carboxylic acids is 1. The molecule has 0 saturated carbocycles. The van der Waals surface area contributed by atoms with Crippen molar-refractivity contribution in [1.82, 2.24) is 9.21 Å². The molecule has 1 unspecified atom stereocenters. The molecule has 0 bridgehead atoms. The summed E-state index contributed by atoms with van der Waals surface area (Å²) >= 11 is 3.41. The van der Waals surface area contributed by atoms with E-state index in [2.05, 4.69) is 20.8 Å². The monoisotopic (exact) mass is 549 g/mol. The van der Waals surface area contributed by atoms with E-state index in [-0.39, 0.29) is 11.9 Å². The SMILES string of the molecule is CCc1cc(Br)ccc1S(=O)(=O)N1CCN(CC2CN(c3ccc(C(=N)N)cc3)C(=O)O2)CC1. The zero-order valence-electron chi connectivity index (χ0n) is 18.9. The Labute approximate surface area is 208 Å². The van der Waals surface area contributed by atoms with Crippen LogP contribution >= 0.6 is 15.9 Å². The van der Waals surface area contributed by atoms with Gasteiger partial charge in [0.25, 0.3) is 0 Å². The van der Waals surface area contributed by atoms with Crippen LogP contribution in [0.25, 0.3) is 0 Å². The molecule has 34 heavy (non-hydrogen) atoms. The van der Waals surface area contributed by atoms with E-state index in [0.29, 0.717) is 61.8 Å². The van der Waals surface area contributed by atoms with Gasteiger partial charge in [-0.05, 0) is 54.4 Å². The molecule has 2 fully saturated rings. The molecule has 2 saturated heterocycles. The van der Waals surface area contributed by atoms with E-state index < -0.39 is 16.1 Å². The van der Waals surface area contributed by atoms with Crippen LogP contribution in [-0.4, -0.2) is 74.9 Å². The Hall–Kier alpha value is -2.47. The minimum absolute atomic E-state index is 0.0272. The number of amidine groups is 1. The maximum absolute atomic E-state index is 13.2. The Morgan fingerprint density at radius 2 is 1.82 bits per heavy atom. The van der Waals surface area contributed by atoms with Crippen molar-refractivity contribution < 1.29 is 17.9 Å². The third-order valence-corrected chi connectivity index (χ3v) is 8.67. The lowest BCUT2D eigenvalue weighted by Crippen LogP contribution is -2.50. The van der Waals surface area contributed by atoms with Crippen LogP contribution in [0.3, 0.4) is 0 Å². The van der Waals surface area contributed by atoms with Gasteiger partial charge in [-0.1, -0.05) is 22.9 Å². The zero-order valence-corrected chi connectivity index (χ0v) is 21.3. The highest BCUT2D eigenvalue weighted by Gasteiger charge is 2.35. The van der Waals surface area contributed by atoms with E-state index in [1.165, 1.54) is 4.31 Å². The van der Waals surface area contributed by atoms with E-state index in [9.17, 15) is 13.2 Å². The van der Waals surface area contributed by atoms with Crippen molar-refractivity contribution in [3.63, 3.8) is 0 Å². The number of nitrogen functional groups attached to an aromatic ring is 1. The fourth-order valence-corrected chi connectivity index (χ4v) is 6.41. The molecule has 11 heteroatoms. The molecular weight excluding hydrogens is 522 g/mol. The van der Waals surface area contributed by atoms with Crippen molar-refractivity contribution in [3.8, 4) is 0 Å². The molecule has 2 aliphatic rings. The second-order valence-electron chi connectivity index (χ2n) is 8.39. The Bertz CT molecular complexity index is 1180. The first-order valence-electron chi connectivity index (χ1n) is 11.1. The summed E-state index contributed by atoms with van der Waals surface area (Å²) < 4.78 is 34.4. The second-order valence-corrected chi connectivity index (χ2v) is 11.2. The molecule has 182 valence electrons. The number of nitrogens with one attached hydrogen (secondary N) is 1. The number of ether oxygens (including phenoxy) is 1. The van der Waals surface area contributed by atoms with Gasteiger partial charge in [0.1, 0.15) is 11.9 Å². The number of carbonyl (C=O) groups is 1. The van der Waals surface area contributed by atoms with Gasteiger partial charge in [0, 0.05) is 48.4 Å². The normalized spacial score (nSPS) is 19.9. The largest absolute Gasteiger partial charge is 0.443 e. The first kappa shape index (κ1) is 24.6. The number of aryl methyl sites for hydroxylation is 1. The summed E-state index contributed by atoms with van der Waals surface area (Å²) in [6, 6.07) is 12.2. The van der Waals surface area contributed by atoms with Crippen molar-refractivity contribution in [1.29, 1.82) is 5.41 Å². The van der Waals surface area contributed by atoms with Crippen LogP contribution in [0.1, 0.15) is 18.1 Å². The molecule has 2 aliphatic heterocycles. The number of sulfonamides is 1. The molecule has 2 aromatic rings. The third kappa shape index (κ3) is 5.12. The fourth-order valence-electron chi connectivity index (χ4n) is 4.30. The smallest absolute Gasteiger partial charge is 0.414 e. The number of benzene rings is 2. The van der Waals surface area contributed by atoms with Crippen LogP contribution in [0, 0.1) is 5.41 Å². The summed E-state index contributed by atoms with van der Waals surface area (Å²) in [5, 5.41) is 7.48. The average Bonchev–Trinajstić information content (AvgIpc) is 3.19. The molecule has 2 heterocycles. The van der Waals surface area contributed by atoms with Gasteiger partial charge in [0.15, 0.2) is 0 Å². The number of nitrogens with two attached hydrogens (primary N) is 1. The number of halogens is 1. The minimum Gasteiger partial charge on any atom is -0.443 e. The average molecular weight is 550 g/mol. The Morgan fingerprint density at radius 1 is 1.15 bits per heavy atom. The van der Waals surface area contributed by atoms with Gasteiger partial charge in [0.05, 0.1) is 11.4 Å². The summed E-state index contributed by atoms with van der Waals surface area (Å²) in [6.07, 6.45) is -0.0833. The lowest BCUT2D eigenvalue weighted by atomic mass is 10.2. The number of hydrogen-bond acceptors (Lipinski definition) is 6. The number of rotatable bonds is 7. The summed E-state index contributed by atoms with van der Waals surface area (Å²) in [5.74, 6) is -0.0272. The molecular formula is C23H28BrN5O4S. The number of nitrogens with zero attached hydrogens (tertiary/aromatic N) is 3. The summed E-state index contributed by atoms with van der Waals surface area (Å²) in [7, 11) is -3.57. The van der Waals surface area contributed by atoms with Gasteiger partial charge in [-0.3, -0.25) is 15.2 Å². The number of anilines is 1. The molecule has 4 rings (SSSR count). The van der Waals surface area contributed by atoms with Crippen molar-refractivity contribution in [3.05, 3.63) is 58.1 Å². The predicted molar refractivity (Wildman–Crippen MR) is 134 cm³/mol. The first-order valence-corrected chi connectivity index (χ1v) is 13.4. The van der Waals surface area contributed by atoms with Gasteiger partial charge < -0.3 is 10.5 Å². The molecule has 1 atom stereocenters. The molecule has 0 aliphatic carbocycles. The molecule has 9 nitrogen and oxygen atoms in total. The fraction of sp³-hybridized carbons (Fsp3) is 0.391. The Balaban J connectivity index is 1.34. The molecule has 2 aromatic carbocycles. The van der Waals surface area contributed by atoms with E-state index in [4.69, 9.17) is 15.9 Å². The maximum atomic E-state index is 13.2. The molecule has 0 radical (unpaired) electrons. The van der Waals surface area contributed by atoms with Crippen LogP contribution in [0.2, 0.25) is 0 Å². The predicted octanol–water partition coefficient (Wildman–Crippen LogP) is 2.63. The van der Waals surface area contributed by atoms with Gasteiger partial charge >= 0.3 is 6.09 Å². The van der Waals surface area contributed by atoms with Gasteiger partial charge in [-0.25, -0.2) is 13.2 Å². The van der Waals surface area contributed by atoms with Gasteiger partial charge in [0.2, 0.25) is 10.0 Å². The second kappa shape index (κ2) is 10.0. The number of piperazine rings is 1. The Morgan fingerprint density at radius 3 is 2.44 bits per heavy atom. The standard InChI is InChI=1S/C23H28BrN5O4S/c1-2-16-13-18(24)5-8-21(16)34(31,32)28-11-9-27(10-12-28)14-20-15-29(23(30)33-20)19-6-3-17(4-7-19)22(25)26/h3-8,13,20H,2,9-12,14-15H2,1H3,(H3,25,26). The Kier molecular flexibility index (Phi) is 7.27. The van der Waals surface area contributed by atoms with Crippen LogP contribution < -0.4 is 10.6 Å². The van der Waals surface area contributed by atoms with Crippen molar-refractivity contribution in [2.75, 3.05) is 44.2 Å². The zero-order chi connectivity index (χ0) is 24.5. The first-order chi connectivity index (χ1) is 16.2. The third-order valence-electron chi connectivity index (χ3n) is 6.18.